The molecule has 1 unspecified atom stereocenters. The van der Waals surface area contributed by atoms with Crippen LogP contribution in [0.5, 0.6) is 0 Å². The first kappa shape index (κ1) is 17.1. The number of tetrazole rings is 1. The number of aromatic amines is 1. The first-order chi connectivity index (χ1) is 10.7. The summed E-state index contributed by atoms with van der Waals surface area (Å²) in [5.41, 5.74) is 3.38. The summed E-state index contributed by atoms with van der Waals surface area (Å²) in [4.78, 5) is 0. The van der Waals surface area contributed by atoms with Crippen LogP contribution >= 0.6 is 12.4 Å². The second-order valence-corrected chi connectivity index (χ2v) is 5.53. The van der Waals surface area contributed by atoms with E-state index >= 15 is 0 Å². The summed E-state index contributed by atoms with van der Waals surface area (Å²) in [5.74, 6) is 0.609. The maximum absolute atomic E-state index is 4.05. The van der Waals surface area contributed by atoms with Crippen LogP contribution in [0.25, 0.3) is 11.4 Å². The molecule has 3 aromatic rings. The van der Waals surface area contributed by atoms with Crippen molar-refractivity contribution in [1.29, 1.82) is 0 Å². The zero-order valence-electron chi connectivity index (χ0n) is 13.1. The van der Waals surface area contributed by atoms with Crippen molar-refractivity contribution in [3.05, 3.63) is 65.7 Å². The molecule has 6 heteroatoms. The van der Waals surface area contributed by atoms with Gasteiger partial charge in [-0.25, -0.2) is 0 Å². The Bertz CT molecular complexity index is 713. The number of nitrogens with one attached hydrogen (secondary N) is 2. The smallest absolute Gasteiger partial charge is 0.204 e. The van der Waals surface area contributed by atoms with Crippen molar-refractivity contribution in [2.75, 3.05) is 0 Å². The third-order valence-corrected chi connectivity index (χ3v) is 3.46. The lowest BCUT2D eigenvalue weighted by Gasteiger charge is -2.22. The standard InChI is InChI=1S/C17H19N5.ClH/c1-12(2)18-16(13-7-4-3-5-8-13)14-9-6-10-15(11-14)17-19-21-22-20-17;/h3-12,16,18H,1-2H3,(H,19,20,21,22);1H. The molecule has 0 bridgehead atoms. The molecule has 2 N–H and O–H groups in total. The number of aromatic nitrogens is 4. The molecule has 0 amide bonds. The molecule has 1 aromatic heterocycles. The van der Waals surface area contributed by atoms with Gasteiger partial charge in [0.1, 0.15) is 0 Å². The molecule has 0 fully saturated rings. The highest BCUT2D eigenvalue weighted by Gasteiger charge is 2.16. The molecule has 23 heavy (non-hydrogen) atoms. The summed E-state index contributed by atoms with van der Waals surface area (Å²) in [7, 11) is 0. The lowest BCUT2D eigenvalue weighted by atomic mass is 9.96. The van der Waals surface area contributed by atoms with E-state index in [0.29, 0.717) is 11.9 Å². The Morgan fingerprint density at radius 3 is 2.35 bits per heavy atom. The molecule has 2 aromatic carbocycles. The number of H-pyrrole nitrogens is 1. The Kier molecular flexibility index (Phi) is 5.84. The summed E-state index contributed by atoms with van der Waals surface area (Å²) >= 11 is 0. The Morgan fingerprint density at radius 1 is 0.957 bits per heavy atom. The van der Waals surface area contributed by atoms with Crippen molar-refractivity contribution in [1.82, 2.24) is 25.9 Å². The van der Waals surface area contributed by atoms with Crippen molar-refractivity contribution in [2.45, 2.75) is 25.9 Å². The van der Waals surface area contributed by atoms with Crippen molar-refractivity contribution < 1.29 is 0 Å². The maximum Gasteiger partial charge on any atom is 0.204 e. The van der Waals surface area contributed by atoms with Gasteiger partial charge >= 0.3 is 0 Å². The average Bonchev–Trinajstić information content (AvgIpc) is 3.08. The van der Waals surface area contributed by atoms with Gasteiger partial charge in [-0.05, 0) is 36.3 Å². The predicted octanol–water partition coefficient (Wildman–Crippen LogP) is 3.38. The zero-order valence-corrected chi connectivity index (χ0v) is 13.9. The van der Waals surface area contributed by atoms with Crippen molar-refractivity contribution in [3.63, 3.8) is 0 Å². The molecule has 3 rings (SSSR count). The number of nitrogens with zero attached hydrogens (tertiary/aromatic N) is 3. The fourth-order valence-electron chi connectivity index (χ4n) is 2.51. The van der Waals surface area contributed by atoms with Gasteiger partial charge in [0.15, 0.2) is 0 Å². The van der Waals surface area contributed by atoms with E-state index in [1.165, 1.54) is 11.1 Å². The van der Waals surface area contributed by atoms with Gasteiger partial charge in [0.05, 0.1) is 6.04 Å². The maximum atomic E-state index is 4.05. The van der Waals surface area contributed by atoms with Crippen molar-refractivity contribution >= 4 is 12.4 Å². The first-order valence-electron chi connectivity index (χ1n) is 7.39. The van der Waals surface area contributed by atoms with Crippen LogP contribution in [0.1, 0.15) is 31.0 Å². The summed E-state index contributed by atoms with van der Waals surface area (Å²) in [5, 5.41) is 17.8. The number of hydrogen-bond acceptors (Lipinski definition) is 4. The molecule has 0 aliphatic carbocycles. The fourth-order valence-corrected chi connectivity index (χ4v) is 2.51. The normalized spacial score (nSPS) is 12.0. The van der Waals surface area contributed by atoms with Crippen LogP contribution in [0.2, 0.25) is 0 Å². The Labute approximate surface area is 141 Å². The third-order valence-electron chi connectivity index (χ3n) is 3.46. The van der Waals surface area contributed by atoms with Crippen LogP contribution in [-0.4, -0.2) is 26.7 Å². The van der Waals surface area contributed by atoms with Gasteiger partial charge in [0.2, 0.25) is 5.82 Å². The van der Waals surface area contributed by atoms with E-state index in [4.69, 9.17) is 0 Å². The minimum absolute atomic E-state index is 0. The quantitative estimate of drug-likeness (QED) is 0.753. The van der Waals surface area contributed by atoms with Crippen LogP contribution in [0, 0.1) is 0 Å². The molecule has 1 atom stereocenters. The SMILES string of the molecule is CC(C)NC(c1ccccc1)c1cccc(-c2nn[nH]n2)c1.Cl. The van der Waals surface area contributed by atoms with Crippen LogP contribution < -0.4 is 5.32 Å². The highest BCUT2D eigenvalue weighted by atomic mass is 35.5. The molecular formula is C17H20ClN5. The van der Waals surface area contributed by atoms with Crippen molar-refractivity contribution in [3.8, 4) is 11.4 Å². The van der Waals surface area contributed by atoms with Gasteiger partial charge in [-0.2, -0.15) is 5.21 Å². The lowest BCUT2D eigenvalue weighted by Crippen LogP contribution is -2.28. The summed E-state index contributed by atoms with van der Waals surface area (Å²) in [6.07, 6.45) is 0. The predicted molar refractivity (Wildman–Crippen MR) is 93.4 cm³/mol. The monoisotopic (exact) mass is 329 g/mol. The second kappa shape index (κ2) is 7.85. The Balaban J connectivity index is 0.00000192. The molecule has 0 saturated carbocycles. The molecule has 0 aliphatic rings. The fraction of sp³-hybridized carbons (Fsp3) is 0.235. The minimum atomic E-state index is 0. The number of benzene rings is 2. The van der Waals surface area contributed by atoms with E-state index in [2.05, 4.69) is 76.2 Å². The number of rotatable bonds is 5. The average molecular weight is 330 g/mol. The van der Waals surface area contributed by atoms with E-state index in [0.717, 1.165) is 5.56 Å². The van der Waals surface area contributed by atoms with Gasteiger partial charge in [-0.3, -0.25) is 0 Å². The van der Waals surface area contributed by atoms with Gasteiger partial charge in [0, 0.05) is 11.6 Å². The molecule has 0 radical (unpaired) electrons. The van der Waals surface area contributed by atoms with E-state index < -0.39 is 0 Å². The Morgan fingerprint density at radius 2 is 1.70 bits per heavy atom. The van der Waals surface area contributed by atoms with Gasteiger partial charge in [-0.15, -0.1) is 22.6 Å². The minimum Gasteiger partial charge on any atom is -0.304 e. The Hall–Kier alpha value is -2.24. The molecule has 1 heterocycles. The second-order valence-electron chi connectivity index (χ2n) is 5.53. The molecule has 0 spiro atoms. The molecule has 0 aliphatic heterocycles. The van der Waals surface area contributed by atoms with E-state index in [1.54, 1.807) is 0 Å². The zero-order chi connectivity index (χ0) is 15.4. The van der Waals surface area contributed by atoms with Gasteiger partial charge in [-0.1, -0.05) is 48.5 Å². The highest BCUT2D eigenvalue weighted by Crippen LogP contribution is 2.25. The van der Waals surface area contributed by atoms with E-state index in [-0.39, 0.29) is 18.4 Å². The van der Waals surface area contributed by atoms with Crippen LogP contribution in [0.3, 0.4) is 0 Å². The van der Waals surface area contributed by atoms with Crippen LogP contribution in [0.15, 0.2) is 54.6 Å². The van der Waals surface area contributed by atoms with Gasteiger partial charge in [0.25, 0.3) is 0 Å². The van der Waals surface area contributed by atoms with E-state index in [1.807, 2.05) is 18.2 Å². The molecule has 120 valence electrons. The van der Waals surface area contributed by atoms with Crippen LogP contribution in [-0.2, 0) is 0 Å². The third kappa shape index (κ3) is 4.15. The van der Waals surface area contributed by atoms with Crippen molar-refractivity contribution in [2.24, 2.45) is 0 Å². The summed E-state index contributed by atoms with van der Waals surface area (Å²) in [6, 6.07) is 19.2. The van der Waals surface area contributed by atoms with Crippen LogP contribution in [0.4, 0.5) is 0 Å². The lowest BCUT2D eigenvalue weighted by molar-refractivity contribution is 0.529. The van der Waals surface area contributed by atoms with E-state index in [9.17, 15) is 0 Å². The number of halogens is 1. The summed E-state index contributed by atoms with van der Waals surface area (Å²) in [6.45, 7) is 4.30. The topological polar surface area (TPSA) is 66.5 Å². The highest BCUT2D eigenvalue weighted by molar-refractivity contribution is 5.85. The molecule has 5 nitrogen and oxygen atoms in total. The van der Waals surface area contributed by atoms with Gasteiger partial charge < -0.3 is 5.32 Å². The largest absolute Gasteiger partial charge is 0.304 e. The molecule has 0 saturated heterocycles. The molecular weight excluding hydrogens is 310 g/mol. The number of hydrogen-bond donors (Lipinski definition) is 2. The summed E-state index contributed by atoms with van der Waals surface area (Å²) < 4.78 is 0. The first-order valence-corrected chi connectivity index (χ1v) is 7.39.